The van der Waals surface area contributed by atoms with E-state index in [1.54, 1.807) is 0 Å². The average Bonchev–Trinajstić information content (AvgIpc) is 2.19. The fourth-order valence-electron chi connectivity index (χ4n) is 2.77. The number of nitrogens with one attached hydrogen (secondary N) is 1. The van der Waals surface area contributed by atoms with Crippen LogP contribution in [0.5, 0.6) is 0 Å². The molecule has 0 heterocycles. The normalized spacial score (nSPS) is 32.1. The number of rotatable bonds is 4. The average molecular weight is 260 g/mol. The van der Waals surface area contributed by atoms with Crippen molar-refractivity contribution < 1.29 is 9.90 Å². The molecule has 1 saturated carbocycles. The number of hydrogen-bond acceptors (Lipinski definition) is 2. The van der Waals surface area contributed by atoms with E-state index in [2.05, 4.69) is 18.8 Å². The Balaban J connectivity index is 2.71. The molecule has 1 aliphatic carbocycles. The van der Waals surface area contributed by atoms with E-state index in [0.29, 0.717) is 23.5 Å². The minimum Gasteiger partial charge on any atom is -0.481 e. The fraction of sp³-hybridized carbons (Fsp3) is 0.769. The van der Waals surface area contributed by atoms with Crippen LogP contribution in [-0.2, 0) is 4.79 Å². The Labute approximate surface area is 108 Å². The standard InChI is InChI=1S/C13H22ClNO2/c1-8(14)7-15-11-6-5-10(12(16)17)13(3,4)9(11)2/h9-11,15H,1,5-7H2,2-4H3,(H,16,17). The maximum Gasteiger partial charge on any atom is 0.307 e. The summed E-state index contributed by atoms with van der Waals surface area (Å²) in [6, 6.07) is 0.316. The number of halogens is 1. The van der Waals surface area contributed by atoms with Gasteiger partial charge in [0.15, 0.2) is 0 Å². The highest BCUT2D eigenvalue weighted by Crippen LogP contribution is 2.45. The molecule has 0 saturated heterocycles. The molecule has 3 atom stereocenters. The number of hydrogen-bond donors (Lipinski definition) is 2. The first-order valence-electron chi connectivity index (χ1n) is 6.06. The first kappa shape index (κ1) is 14.5. The molecule has 0 aliphatic heterocycles. The molecule has 1 fully saturated rings. The summed E-state index contributed by atoms with van der Waals surface area (Å²) in [5.41, 5.74) is -0.199. The number of aliphatic carboxylic acids is 1. The fourth-order valence-corrected chi connectivity index (χ4v) is 2.84. The van der Waals surface area contributed by atoms with Gasteiger partial charge in [-0.05, 0) is 24.2 Å². The molecule has 0 aromatic carbocycles. The van der Waals surface area contributed by atoms with E-state index in [-0.39, 0.29) is 11.3 Å². The number of carboxylic acids is 1. The van der Waals surface area contributed by atoms with E-state index < -0.39 is 5.97 Å². The molecule has 3 unspecified atom stereocenters. The SMILES string of the molecule is C=C(Cl)CNC1CCC(C(=O)O)C(C)(C)C1C. The molecule has 0 amide bonds. The van der Waals surface area contributed by atoms with Crippen molar-refractivity contribution in [3.63, 3.8) is 0 Å². The third-order valence-corrected chi connectivity index (χ3v) is 4.43. The largest absolute Gasteiger partial charge is 0.481 e. The van der Waals surface area contributed by atoms with Crippen molar-refractivity contribution in [3.05, 3.63) is 11.6 Å². The molecule has 0 bridgehead atoms. The van der Waals surface area contributed by atoms with Crippen LogP contribution in [-0.4, -0.2) is 23.7 Å². The Morgan fingerprint density at radius 1 is 1.53 bits per heavy atom. The van der Waals surface area contributed by atoms with E-state index >= 15 is 0 Å². The highest BCUT2D eigenvalue weighted by Gasteiger charge is 2.45. The zero-order chi connectivity index (χ0) is 13.2. The Hall–Kier alpha value is -0.540. The quantitative estimate of drug-likeness (QED) is 0.816. The van der Waals surface area contributed by atoms with Crippen molar-refractivity contribution in [1.29, 1.82) is 0 Å². The Kier molecular flexibility index (Phi) is 4.62. The van der Waals surface area contributed by atoms with Crippen molar-refractivity contribution in [3.8, 4) is 0 Å². The summed E-state index contributed by atoms with van der Waals surface area (Å²) in [5.74, 6) is -0.634. The zero-order valence-electron chi connectivity index (χ0n) is 10.8. The van der Waals surface area contributed by atoms with Crippen molar-refractivity contribution in [1.82, 2.24) is 5.32 Å². The van der Waals surface area contributed by atoms with Gasteiger partial charge < -0.3 is 10.4 Å². The lowest BCUT2D eigenvalue weighted by Gasteiger charge is -2.46. The van der Waals surface area contributed by atoms with Crippen LogP contribution in [0.4, 0.5) is 0 Å². The second-order valence-electron chi connectivity index (χ2n) is 5.58. The summed E-state index contributed by atoms with van der Waals surface area (Å²) in [4.78, 5) is 11.2. The van der Waals surface area contributed by atoms with E-state index in [1.165, 1.54) is 0 Å². The summed E-state index contributed by atoms with van der Waals surface area (Å²) in [7, 11) is 0. The second kappa shape index (κ2) is 5.40. The predicted octanol–water partition coefficient (Wildman–Crippen LogP) is 2.85. The van der Waals surface area contributed by atoms with Gasteiger partial charge in [0.05, 0.1) is 5.92 Å². The summed E-state index contributed by atoms with van der Waals surface area (Å²) in [5, 5.41) is 13.2. The molecule has 0 aromatic heterocycles. The summed E-state index contributed by atoms with van der Waals surface area (Å²) < 4.78 is 0. The van der Waals surface area contributed by atoms with Crippen LogP contribution < -0.4 is 5.32 Å². The third-order valence-electron chi connectivity index (χ3n) is 4.30. The molecule has 0 spiro atoms. The Morgan fingerprint density at radius 3 is 2.59 bits per heavy atom. The maximum atomic E-state index is 11.2. The smallest absolute Gasteiger partial charge is 0.307 e. The van der Waals surface area contributed by atoms with Gasteiger partial charge in [-0.3, -0.25) is 4.79 Å². The van der Waals surface area contributed by atoms with Crippen LogP contribution in [0.3, 0.4) is 0 Å². The molecule has 4 heteroatoms. The first-order chi connectivity index (χ1) is 7.76. The van der Waals surface area contributed by atoms with Crippen LogP contribution >= 0.6 is 11.6 Å². The van der Waals surface area contributed by atoms with Gasteiger partial charge in [0.1, 0.15) is 0 Å². The molecule has 1 aliphatic rings. The molecule has 2 N–H and O–H groups in total. The lowest BCUT2D eigenvalue weighted by Crippen LogP contribution is -2.51. The van der Waals surface area contributed by atoms with Crippen LogP contribution in [0.2, 0.25) is 0 Å². The topological polar surface area (TPSA) is 49.3 Å². The second-order valence-corrected chi connectivity index (χ2v) is 6.12. The van der Waals surface area contributed by atoms with Gasteiger partial charge in [-0.15, -0.1) is 0 Å². The molecular weight excluding hydrogens is 238 g/mol. The lowest BCUT2D eigenvalue weighted by atomic mass is 9.61. The maximum absolute atomic E-state index is 11.2. The Bertz CT molecular complexity index is 315. The van der Waals surface area contributed by atoms with Crippen LogP contribution in [0, 0.1) is 17.3 Å². The highest BCUT2D eigenvalue weighted by molar-refractivity contribution is 6.29. The lowest BCUT2D eigenvalue weighted by molar-refractivity contribution is -0.150. The first-order valence-corrected chi connectivity index (χ1v) is 6.44. The number of carbonyl (C=O) groups is 1. The van der Waals surface area contributed by atoms with Gasteiger partial charge in [-0.25, -0.2) is 0 Å². The summed E-state index contributed by atoms with van der Waals surface area (Å²) in [6.45, 7) is 10.4. The molecule has 1 rings (SSSR count). The van der Waals surface area contributed by atoms with Gasteiger partial charge in [-0.2, -0.15) is 0 Å². The highest BCUT2D eigenvalue weighted by atomic mass is 35.5. The predicted molar refractivity (Wildman–Crippen MR) is 70.1 cm³/mol. The molecule has 3 nitrogen and oxygen atoms in total. The third kappa shape index (κ3) is 3.23. The van der Waals surface area contributed by atoms with E-state index in [4.69, 9.17) is 11.6 Å². The zero-order valence-corrected chi connectivity index (χ0v) is 11.5. The van der Waals surface area contributed by atoms with Gasteiger partial charge in [0.2, 0.25) is 0 Å². The van der Waals surface area contributed by atoms with Crippen LogP contribution in [0.1, 0.15) is 33.6 Å². The number of carboxylic acid groups (broad SMARTS) is 1. The molecule has 17 heavy (non-hydrogen) atoms. The Morgan fingerprint density at radius 2 is 2.12 bits per heavy atom. The van der Waals surface area contributed by atoms with Crippen LogP contribution in [0.25, 0.3) is 0 Å². The molecular formula is C13H22ClNO2. The minimum atomic E-state index is -0.679. The summed E-state index contributed by atoms with van der Waals surface area (Å²) >= 11 is 5.74. The van der Waals surface area contributed by atoms with Crippen molar-refractivity contribution in [2.45, 2.75) is 39.7 Å². The van der Waals surface area contributed by atoms with Gasteiger partial charge in [0, 0.05) is 17.6 Å². The van der Waals surface area contributed by atoms with E-state index in [0.717, 1.165) is 12.8 Å². The monoisotopic (exact) mass is 259 g/mol. The molecule has 0 aromatic rings. The van der Waals surface area contributed by atoms with Crippen molar-refractivity contribution >= 4 is 17.6 Å². The van der Waals surface area contributed by atoms with Gasteiger partial charge >= 0.3 is 5.97 Å². The van der Waals surface area contributed by atoms with Crippen LogP contribution in [0.15, 0.2) is 11.6 Å². The molecule has 0 radical (unpaired) electrons. The van der Waals surface area contributed by atoms with Crippen molar-refractivity contribution in [2.24, 2.45) is 17.3 Å². The van der Waals surface area contributed by atoms with E-state index in [9.17, 15) is 9.90 Å². The summed E-state index contributed by atoms with van der Waals surface area (Å²) in [6.07, 6.45) is 1.60. The van der Waals surface area contributed by atoms with Crippen molar-refractivity contribution in [2.75, 3.05) is 6.54 Å². The van der Waals surface area contributed by atoms with E-state index in [1.807, 2.05) is 13.8 Å². The van der Waals surface area contributed by atoms with Gasteiger partial charge in [0.25, 0.3) is 0 Å². The molecule has 98 valence electrons. The van der Waals surface area contributed by atoms with Gasteiger partial charge in [-0.1, -0.05) is 39.0 Å². The minimum absolute atomic E-state index is 0.199.